The normalized spacial score (nSPS) is 32.9. The summed E-state index contributed by atoms with van der Waals surface area (Å²) in [6, 6.07) is 0. The average Bonchev–Trinajstić information content (AvgIpc) is 2.59. The second kappa shape index (κ2) is 10.2. The molecule has 118 valence electrons. The molecule has 2 fully saturated rings. The van der Waals surface area contributed by atoms with E-state index in [0.29, 0.717) is 0 Å². The molecular weight excluding hydrogens is 308 g/mol. The molecule has 0 heterocycles. The lowest BCUT2D eigenvalue weighted by atomic mass is 9.78. The van der Waals surface area contributed by atoms with Crippen LogP contribution < -0.4 is 0 Å². The van der Waals surface area contributed by atoms with Gasteiger partial charge in [0.15, 0.2) is 0 Å². The molecule has 0 nitrogen and oxygen atoms in total. The van der Waals surface area contributed by atoms with Crippen LogP contribution >= 0.6 is 15.9 Å². The first-order valence-corrected chi connectivity index (χ1v) is 10.4. The highest BCUT2D eigenvalue weighted by Crippen LogP contribution is 2.36. The second-order valence-corrected chi connectivity index (χ2v) is 8.69. The van der Waals surface area contributed by atoms with Crippen LogP contribution in [0.3, 0.4) is 0 Å². The third-order valence-corrected chi connectivity index (χ3v) is 6.55. The van der Waals surface area contributed by atoms with Crippen LogP contribution in [0.25, 0.3) is 0 Å². The van der Waals surface area contributed by atoms with Crippen LogP contribution in [-0.2, 0) is 0 Å². The Morgan fingerprint density at radius 3 is 1.40 bits per heavy atom. The molecule has 0 aromatic rings. The van der Waals surface area contributed by atoms with E-state index in [9.17, 15) is 0 Å². The number of alkyl halides is 1. The molecule has 2 atom stereocenters. The molecule has 0 aliphatic heterocycles. The minimum Gasteiger partial charge on any atom is -0.0891 e. The smallest absolute Gasteiger partial charge is 0.0148 e. The topological polar surface area (TPSA) is 0 Å². The standard InChI is InChI=1S/C19H35Br/c20-19-15-11-7-3-6-10-14-18(16-19)17-12-8-4-1-2-5-9-13-17/h17-19H,1-16H2. The maximum absolute atomic E-state index is 3.99. The first kappa shape index (κ1) is 16.8. The van der Waals surface area contributed by atoms with E-state index in [1.165, 1.54) is 103 Å². The van der Waals surface area contributed by atoms with Crippen molar-refractivity contribution in [3.05, 3.63) is 0 Å². The summed E-state index contributed by atoms with van der Waals surface area (Å²) < 4.78 is 0. The SMILES string of the molecule is BrC1CCCCCCCC(C2CCCCCCCC2)C1. The highest BCUT2D eigenvalue weighted by molar-refractivity contribution is 9.09. The molecule has 0 aromatic heterocycles. The maximum Gasteiger partial charge on any atom is 0.0148 e. The lowest BCUT2D eigenvalue weighted by Crippen LogP contribution is -2.20. The zero-order valence-electron chi connectivity index (χ0n) is 13.4. The van der Waals surface area contributed by atoms with Gasteiger partial charge >= 0.3 is 0 Å². The minimum atomic E-state index is 0.804. The fourth-order valence-corrected chi connectivity index (χ4v) is 5.23. The number of halogens is 1. The number of rotatable bonds is 1. The Bertz CT molecular complexity index is 228. The van der Waals surface area contributed by atoms with E-state index < -0.39 is 0 Å². The lowest BCUT2D eigenvalue weighted by molar-refractivity contribution is 0.242. The largest absolute Gasteiger partial charge is 0.0891 e. The summed E-state index contributed by atoms with van der Waals surface area (Å²) in [4.78, 5) is 0.804. The van der Waals surface area contributed by atoms with E-state index in [1.807, 2.05) is 0 Å². The summed E-state index contributed by atoms with van der Waals surface area (Å²) in [5.74, 6) is 2.07. The first-order valence-electron chi connectivity index (χ1n) is 9.50. The Kier molecular flexibility index (Phi) is 8.63. The molecule has 2 saturated carbocycles. The van der Waals surface area contributed by atoms with Gasteiger partial charge in [-0.25, -0.2) is 0 Å². The van der Waals surface area contributed by atoms with Crippen molar-refractivity contribution in [2.45, 2.75) is 108 Å². The minimum absolute atomic E-state index is 0.804. The van der Waals surface area contributed by atoms with E-state index in [0.717, 1.165) is 16.7 Å². The van der Waals surface area contributed by atoms with Crippen molar-refractivity contribution >= 4 is 15.9 Å². The molecule has 2 rings (SSSR count). The Hall–Kier alpha value is 0.480. The molecule has 0 N–H and O–H groups in total. The van der Waals surface area contributed by atoms with Gasteiger partial charge in [0.2, 0.25) is 0 Å². The van der Waals surface area contributed by atoms with Gasteiger partial charge in [0.1, 0.15) is 0 Å². The van der Waals surface area contributed by atoms with Crippen molar-refractivity contribution in [3.63, 3.8) is 0 Å². The van der Waals surface area contributed by atoms with Crippen LogP contribution in [0.4, 0.5) is 0 Å². The molecule has 2 aliphatic carbocycles. The Labute approximate surface area is 135 Å². The summed E-state index contributed by atoms with van der Waals surface area (Å²) in [5.41, 5.74) is 0. The van der Waals surface area contributed by atoms with E-state index in [1.54, 1.807) is 0 Å². The Morgan fingerprint density at radius 2 is 0.850 bits per heavy atom. The van der Waals surface area contributed by atoms with Gasteiger partial charge in [-0.1, -0.05) is 106 Å². The fourth-order valence-electron chi connectivity index (χ4n) is 4.43. The Balaban J connectivity index is 1.89. The van der Waals surface area contributed by atoms with Gasteiger partial charge in [-0.3, -0.25) is 0 Å². The molecule has 2 unspecified atom stereocenters. The second-order valence-electron chi connectivity index (χ2n) is 7.40. The molecule has 0 spiro atoms. The van der Waals surface area contributed by atoms with Crippen molar-refractivity contribution in [2.24, 2.45) is 11.8 Å². The van der Waals surface area contributed by atoms with Crippen LogP contribution in [0.1, 0.15) is 103 Å². The molecule has 0 radical (unpaired) electrons. The molecule has 0 saturated heterocycles. The summed E-state index contributed by atoms with van der Waals surface area (Å²) in [7, 11) is 0. The molecular formula is C19H35Br. The summed E-state index contributed by atoms with van der Waals surface area (Å²) in [5, 5.41) is 0. The Morgan fingerprint density at radius 1 is 0.450 bits per heavy atom. The monoisotopic (exact) mass is 342 g/mol. The van der Waals surface area contributed by atoms with Gasteiger partial charge in [-0.15, -0.1) is 0 Å². The van der Waals surface area contributed by atoms with Gasteiger partial charge in [0, 0.05) is 4.83 Å². The van der Waals surface area contributed by atoms with E-state index in [2.05, 4.69) is 15.9 Å². The molecule has 0 amide bonds. The van der Waals surface area contributed by atoms with E-state index in [-0.39, 0.29) is 0 Å². The highest BCUT2D eigenvalue weighted by Gasteiger charge is 2.24. The van der Waals surface area contributed by atoms with Crippen molar-refractivity contribution in [1.82, 2.24) is 0 Å². The van der Waals surface area contributed by atoms with E-state index >= 15 is 0 Å². The van der Waals surface area contributed by atoms with Crippen molar-refractivity contribution in [1.29, 1.82) is 0 Å². The molecule has 1 heteroatoms. The van der Waals surface area contributed by atoms with Crippen LogP contribution in [0.2, 0.25) is 0 Å². The van der Waals surface area contributed by atoms with Crippen LogP contribution in [-0.4, -0.2) is 4.83 Å². The van der Waals surface area contributed by atoms with Crippen LogP contribution in [0.15, 0.2) is 0 Å². The average molecular weight is 343 g/mol. The molecule has 0 aromatic carbocycles. The van der Waals surface area contributed by atoms with Gasteiger partial charge in [-0.2, -0.15) is 0 Å². The van der Waals surface area contributed by atoms with Crippen LogP contribution in [0.5, 0.6) is 0 Å². The molecule has 20 heavy (non-hydrogen) atoms. The zero-order valence-corrected chi connectivity index (χ0v) is 15.0. The lowest BCUT2D eigenvalue weighted by Gasteiger charge is -2.30. The number of hydrogen-bond donors (Lipinski definition) is 0. The van der Waals surface area contributed by atoms with Crippen molar-refractivity contribution in [2.75, 3.05) is 0 Å². The molecule has 0 bridgehead atoms. The zero-order chi connectivity index (χ0) is 14.0. The predicted molar refractivity (Wildman–Crippen MR) is 93.6 cm³/mol. The highest BCUT2D eigenvalue weighted by atomic mass is 79.9. The number of hydrogen-bond acceptors (Lipinski definition) is 0. The predicted octanol–water partition coefficient (Wildman–Crippen LogP) is 7.25. The summed E-state index contributed by atoms with van der Waals surface area (Å²) in [6.45, 7) is 0. The van der Waals surface area contributed by atoms with Gasteiger partial charge in [-0.05, 0) is 24.7 Å². The maximum atomic E-state index is 3.99. The van der Waals surface area contributed by atoms with E-state index in [4.69, 9.17) is 0 Å². The van der Waals surface area contributed by atoms with Gasteiger partial charge in [0.05, 0.1) is 0 Å². The third-order valence-electron chi connectivity index (χ3n) is 5.72. The van der Waals surface area contributed by atoms with Gasteiger partial charge < -0.3 is 0 Å². The molecule has 2 aliphatic rings. The first-order chi connectivity index (χ1) is 9.86. The summed E-state index contributed by atoms with van der Waals surface area (Å²) >= 11 is 3.99. The summed E-state index contributed by atoms with van der Waals surface area (Å²) in [6.07, 6.45) is 23.9. The quantitative estimate of drug-likeness (QED) is 0.440. The third kappa shape index (κ3) is 6.50. The van der Waals surface area contributed by atoms with Crippen molar-refractivity contribution in [3.8, 4) is 0 Å². The van der Waals surface area contributed by atoms with Crippen LogP contribution in [0, 0.1) is 11.8 Å². The fraction of sp³-hybridized carbons (Fsp3) is 1.00. The van der Waals surface area contributed by atoms with Gasteiger partial charge in [0.25, 0.3) is 0 Å². The van der Waals surface area contributed by atoms with Crippen molar-refractivity contribution < 1.29 is 0 Å².